The van der Waals surface area contributed by atoms with Crippen molar-refractivity contribution in [3.63, 3.8) is 0 Å². The molecule has 3 aromatic rings. The van der Waals surface area contributed by atoms with Gasteiger partial charge in [0.05, 0.1) is 16.9 Å². The van der Waals surface area contributed by atoms with Crippen molar-refractivity contribution in [1.82, 2.24) is 10.3 Å². The molecule has 4 aliphatic carbocycles. The smallest absolute Gasteiger partial charge is 0.254 e. The van der Waals surface area contributed by atoms with E-state index in [1.54, 1.807) is 13.2 Å². The molecular weight excluding hydrogens is 464 g/mol. The van der Waals surface area contributed by atoms with E-state index in [2.05, 4.69) is 20.9 Å². The molecule has 2 aromatic carbocycles. The van der Waals surface area contributed by atoms with Gasteiger partial charge in [-0.15, -0.1) is 0 Å². The van der Waals surface area contributed by atoms with Gasteiger partial charge >= 0.3 is 0 Å². The van der Waals surface area contributed by atoms with Crippen LogP contribution in [0.1, 0.15) is 48.0 Å². The first-order valence-electron chi connectivity index (χ1n) is 13.2. The molecule has 0 aliphatic heterocycles. The number of nitrogens with zero attached hydrogens (tertiary/aromatic N) is 1. The second-order valence-corrected chi connectivity index (χ2v) is 11.0. The van der Waals surface area contributed by atoms with Crippen LogP contribution >= 0.6 is 0 Å². The average Bonchev–Trinajstić information content (AvgIpc) is 2.90. The minimum Gasteiger partial charge on any atom is -0.489 e. The van der Waals surface area contributed by atoms with Crippen molar-refractivity contribution in [3.05, 3.63) is 78.0 Å². The molecule has 4 fully saturated rings. The maximum Gasteiger partial charge on any atom is 0.254 e. The lowest BCUT2D eigenvalue weighted by Gasteiger charge is -2.58. The van der Waals surface area contributed by atoms with E-state index >= 15 is 0 Å². The molecule has 5 atom stereocenters. The van der Waals surface area contributed by atoms with Gasteiger partial charge in [-0.25, -0.2) is 4.98 Å². The summed E-state index contributed by atoms with van der Waals surface area (Å²) in [6.45, 7) is 0.520. The topological polar surface area (TPSA) is 95.5 Å². The molecule has 7 rings (SSSR count). The van der Waals surface area contributed by atoms with Gasteiger partial charge in [0.15, 0.2) is 0 Å². The van der Waals surface area contributed by atoms with Crippen LogP contribution in [0.15, 0.2) is 66.9 Å². The molecule has 1 amide bonds. The van der Waals surface area contributed by atoms with Gasteiger partial charge in [-0.3, -0.25) is 4.79 Å². The number of amides is 1. The quantitative estimate of drug-likeness (QED) is 0.345. The number of nitrogens with one attached hydrogen (secondary N) is 3. The summed E-state index contributed by atoms with van der Waals surface area (Å²) in [7, 11) is 1.64. The third kappa shape index (κ3) is 5.01. The summed E-state index contributed by atoms with van der Waals surface area (Å²) >= 11 is 0. The Morgan fingerprint density at radius 2 is 1.78 bits per heavy atom. The average molecular weight is 499 g/mol. The summed E-state index contributed by atoms with van der Waals surface area (Å²) in [5.41, 5.74) is 2.84. The van der Waals surface area contributed by atoms with Crippen molar-refractivity contribution < 1.29 is 14.6 Å². The number of ether oxygens (including phenoxy) is 1. The lowest BCUT2D eigenvalue weighted by atomic mass is 9.52. The Hall–Kier alpha value is -3.58. The molecule has 37 heavy (non-hydrogen) atoms. The van der Waals surface area contributed by atoms with E-state index in [1.165, 1.54) is 0 Å². The first-order chi connectivity index (χ1) is 18.0. The highest BCUT2D eigenvalue weighted by Gasteiger charge is 2.54. The Bertz CT molecular complexity index is 1250. The van der Waals surface area contributed by atoms with Crippen LogP contribution in [0, 0.1) is 17.8 Å². The zero-order valence-corrected chi connectivity index (χ0v) is 21.1. The Morgan fingerprint density at radius 1 is 1.05 bits per heavy atom. The van der Waals surface area contributed by atoms with Gasteiger partial charge in [0.1, 0.15) is 18.2 Å². The van der Waals surface area contributed by atoms with Gasteiger partial charge in [0, 0.05) is 31.0 Å². The van der Waals surface area contributed by atoms with Crippen molar-refractivity contribution in [2.45, 2.75) is 50.4 Å². The van der Waals surface area contributed by atoms with Gasteiger partial charge in [-0.05, 0) is 79.7 Å². The largest absolute Gasteiger partial charge is 0.489 e. The summed E-state index contributed by atoms with van der Waals surface area (Å²) in [6.07, 6.45) is 6.59. The van der Waals surface area contributed by atoms with Gasteiger partial charge < -0.3 is 25.8 Å². The summed E-state index contributed by atoms with van der Waals surface area (Å²) in [5.74, 6) is 2.79. The molecule has 7 heteroatoms. The summed E-state index contributed by atoms with van der Waals surface area (Å²) in [5, 5.41) is 20.8. The highest BCUT2D eigenvalue weighted by molar-refractivity contribution is 5.99. The zero-order valence-electron chi connectivity index (χ0n) is 21.1. The fourth-order valence-corrected chi connectivity index (χ4v) is 6.88. The molecule has 4 aliphatic rings. The fourth-order valence-electron chi connectivity index (χ4n) is 6.88. The standard InChI is InChI=1S/C30H34N4O3/c1-31-29(35)25-17-32-27(33-23-7-9-24(10-8-23)37-18-19-5-3-2-4-6-19)13-26(25)34-28-21-11-20-12-22(28)16-30(36,14-20)15-21/h2-10,13,17,20-22,28,36H,11-12,14-16,18H2,1H3,(H,31,35)(H2,32,33,34)/t20?,21-,22+,28?,30?. The van der Waals surface area contributed by atoms with Crippen molar-refractivity contribution in [3.8, 4) is 5.75 Å². The van der Waals surface area contributed by atoms with Crippen LogP contribution < -0.4 is 20.7 Å². The van der Waals surface area contributed by atoms with Crippen LogP contribution in [0.3, 0.4) is 0 Å². The molecule has 3 unspecified atom stereocenters. The Balaban J connectivity index is 1.17. The van der Waals surface area contributed by atoms with Crippen LogP contribution in [0.5, 0.6) is 5.75 Å². The third-order valence-corrected chi connectivity index (χ3v) is 8.31. The van der Waals surface area contributed by atoms with E-state index in [9.17, 15) is 9.90 Å². The summed E-state index contributed by atoms with van der Waals surface area (Å²) in [4.78, 5) is 17.2. The number of hydrogen-bond donors (Lipinski definition) is 4. The molecule has 0 radical (unpaired) electrons. The lowest BCUT2D eigenvalue weighted by Crippen LogP contribution is -2.59. The van der Waals surface area contributed by atoms with Crippen molar-refractivity contribution in [2.75, 3.05) is 17.7 Å². The number of pyridine rings is 1. The molecule has 192 valence electrons. The highest BCUT2D eigenvalue weighted by Crippen LogP contribution is 2.56. The zero-order chi connectivity index (χ0) is 25.4. The molecule has 4 bridgehead atoms. The van der Waals surface area contributed by atoms with E-state index in [-0.39, 0.29) is 11.9 Å². The summed E-state index contributed by atoms with van der Waals surface area (Å²) in [6, 6.07) is 20.0. The Morgan fingerprint density at radius 3 is 2.46 bits per heavy atom. The molecular formula is C30H34N4O3. The highest BCUT2D eigenvalue weighted by atomic mass is 16.5. The maximum absolute atomic E-state index is 12.6. The third-order valence-electron chi connectivity index (χ3n) is 8.31. The number of aliphatic hydroxyl groups is 1. The second-order valence-electron chi connectivity index (χ2n) is 11.0. The second kappa shape index (κ2) is 9.71. The monoisotopic (exact) mass is 498 g/mol. The minimum absolute atomic E-state index is 0.163. The number of aromatic nitrogens is 1. The van der Waals surface area contributed by atoms with Crippen LogP contribution in [-0.2, 0) is 6.61 Å². The van der Waals surface area contributed by atoms with Crippen LogP contribution in [-0.4, -0.2) is 34.7 Å². The maximum atomic E-state index is 12.6. The SMILES string of the molecule is CNC(=O)c1cnc(Nc2ccc(OCc3ccccc3)cc2)cc1NC1[C@@H]2CC3C[C@H]1CC(O)(C3)C2. The van der Waals surface area contributed by atoms with Crippen molar-refractivity contribution >= 4 is 23.1 Å². The molecule has 1 aromatic heterocycles. The predicted octanol–water partition coefficient (Wildman–Crippen LogP) is 5.12. The molecule has 1 heterocycles. The van der Waals surface area contributed by atoms with E-state index < -0.39 is 5.60 Å². The van der Waals surface area contributed by atoms with Gasteiger partial charge in [0.2, 0.25) is 0 Å². The van der Waals surface area contributed by atoms with Crippen LogP contribution in [0.25, 0.3) is 0 Å². The molecule has 4 N–H and O–H groups in total. The van der Waals surface area contributed by atoms with Crippen LogP contribution in [0.4, 0.5) is 17.2 Å². The number of rotatable bonds is 8. The predicted molar refractivity (Wildman–Crippen MR) is 144 cm³/mol. The molecule has 4 saturated carbocycles. The van der Waals surface area contributed by atoms with Crippen molar-refractivity contribution in [2.24, 2.45) is 17.8 Å². The van der Waals surface area contributed by atoms with Gasteiger partial charge in [0.25, 0.3) is 5.91 Å². The number of hydrogen-bond acceptors (Lipinski definition) is 6. The van der Waals surface area contributed by atoms with Gasteiger partial charge in [-0.2, -0.15) is 0 Å². The fraction of sp³-hybridized carbons (Fsp3) is 0.400. The van der Waals surface area contributed by atoms with E-state index in [0.717, 1.165) is 54.8 Å². The first kappa shape index (κ1) is 23.8. The number of carbonyl (C=O) groups excluding carboxylic acids is 1. The molecule has 0 spiro atoms. The minimum atomic E-state index is -0.486. The normalized spacial score (nSPS) is 27.5. The lowest BCUT2D eigenvalue weighted by molar-refractivity contribution is -0.129. The van der Waals surface area contributed by atoms with E-state index in [4.69, 9.17) is 4.74 Å². The molecule has 7 nitrogen and oxygen atoms in total. The number of anilines is 3. The van der Waals surface area contributed by atoms with Gasteiger partial charge in [-0.1, -0.05) is 30.3 Å². The van der Waals surface area contributed by atoms with E-state index in [0.29, 0.717) is 35.7 Å². The first-order valence-corrected chi connectivity index (χ1v) is 13.2. The summed E-state index contributed by atoms with van der Waals surface area (Å²) < 4.78 is 5.89. The van der Waals surface area contributed by atoms with E-state index in [1.807, 2.05) is 60.7 Å². The Labute approximate surface area is 217 Å². The Kier molecular flexibility index (Phi) is 6.24. The number of benzene rings is 2. The van der Waals surface area contributed by atoms with Crippen molar-refractivity contribution in [1.29, 1.82) is 0 Å². The number of carbonyl (C=O) groups is 1. The molecule has 0 saturated heterocycles. The van der Waals surface area contributed by atoms with Crippen LogP contribution in [0.2, 0.25) is 0 Å².